The lowest BCUT2D eigenvalue weighted by Crippen LogP contribution is -2.44. The van der Waals surface area contributed by atoms with Gasteiger partial charge in [0.05, 0.1) is 0 Å². The molecule has 21 heavy (non-hydrogen) atoms. The van der Waals surface area contributed by atoms with Crippen molar-refractivity contribution in [1.82, 2.24) is 0 Å². The van der Waals surface area contributed by atoms with Gasteiger partial charge in [-0.15, -0.1) is 0 Å². The Hall–Kier alpha value is -0.950. The number of esters is 2. The molecule has 0 bridgehead atoms. The maximum absolute atomic E-state index is 12.3. The summed E-state index contributed by atoms with van der Waals surface area (Å²) in [5.74, 6) is -1.74. The first-order valence-electron chi connectivity index (χ1n) is 6.49. The zero-order valence-electron chi connectivity index (χ0n) is 12.6. The van der Waals surface area contributed by atoms with E-state index in [4.69, 9.17) is 23.3 Å². The molecule has 1 aliphatic rings. The number of rotatable bonds is 6. The Kier molecular flexibility index (Phi) is 6.80. The van der Waals surface area contributed by atoms with E-state index in [0.717, 1.165) is 0 Å². The van der Waals surface area contributed by atoms with Gasteiger partial charge in [0.1, 0.15) is 18.8 Å². The molecular weight excluding hydrogens is 303 g/mol. The summed E-state index contributed by atoms with van der Waals surface area (Å²) in [7, 11) is -0.864. The van der Waals surface area contributed by atoms with Crippen LogP contribution in [0, 0.1) is 0 Å². The van der Waals surface area contributed by atoms with Crippen molar-refractivity contribution in [2.24, 2.45) is 0 Å². The number of carbonyl (C=O) groups is 2. The highest BCUT2D eigenvalue weighted by molar-refractivity contribution is 7.54. The van der Waals surface area contributed by atoms with Gasteiger partial charge in [-0.05, 0) is 12.8 Å². The molecule has 1 heterocycles. The van der Waals surface area contributed by atoms with Crippen LogP contribution in [-0.2, 0) is 37.4 Å². The predicted molar refractivity (Wildman–Crippen MR) is 71.7 cm³/mol. The third kappa shape index (κ3) is 5.07. The molecular formula is C12H21O8P. The van der Waals surface area contributed by atoms with E-state index >= 15 is 0 Å². The SMILES string of the molecule is COP(=O)(OC)[C@@H]1CC[C@@H](OC(C)=O)[C@@H](COC(C)=O)O1. The number of ether oxygens (including phenoxy) is 3. The monoisotopic (exact) mass is 324 g/mol. The second-order valence-electron chi connectivity index (χ2n) is 4.56. The average molecular weight is 324 g/mol. The first-order valence-corrected chi connectivity index (χ1v) is 8.10. The lowest BCUT2D eigenvalue weighted by Gasteiger charge is -2.37. The molecule has 0 unspecified atom stereocenters. The summed E-state index contributed by atoms with van der Waals surface area (Å²) in [6, 6.07) is 0. The molecule has 0 aromatic carbocycles. The lowest BCUT2D eigenvalue weighted by atomic mass is 10.1. The van der Waals surface area contributed by atoms with Crippen LogP contribution >= 0.6 is 7.60 Å². The minimum absolute atomic E-state index is 0.1000. The van der Waals surface area contributed by atoms with Crippen molar-refractivity contribution >= 4 is 19.5 Å². The maximum atomic E-state index is 12.3. The normalized spacial score (nSPS) is 26.2. The topological polar surface area (TPSA) is 97.4 Å². The molecule has 0 amide bonds. The highest BCUT2D eigenvalue weighted by Gasteiger charge is 2.43. The van der Waals surface area contributed by atoms with E-state index < -0.39 is 37.6 Å². The van der Waals surface area contributed by atoms with Crippen molar-refractivity contribution in [2.75, 3.05) is 20.8 Å². The van der Waals surface area contributed by atoms with Gasteiger partial charge >= 0.3 is 19.5 Å². The minimum atomic E-state index is -3.41. The van der Waals surface area contributed by atoms with Crippen molar-refractivity contribution < 1.29 is 37.4 Å². The molecule has 1 rings (SSSR count). The zero-order chi connectivity index (χ0) is 16.0. The highest BCUT2D eigenvalue weighted by Crippen LogP contribution is 2.55. The fourth-order valence-corrected chi connectivity index (χ4v) is 3.48. The molecule has 8 nitrogen and oxygen atoms in total. The van der Waals surface area contributed by atoms with Crippen LogP contribution in [0.25, 0.3) is 0 Å². The molecule has 0 aliphatic carbocycles. The quantitative estimate of drug-likeness (QED) is 0.535. The highest BCUT2D eigenvalue weighted by atomic mass is 31.2. The molecule has 0 N–H and O–H groups in total. The molecule has 0 aromatic rings. The van der Waals surface area contributed by atoms with Gasteiger partial charge in [0.2, 0.25) is 0 Å². The average Bonchev–Trinajstić information content (AvgIpc) is 2.44. The van der Waals surface area contributed by atoms with E-state index in [-0.39, 0.29) is 6.61 Å². The summed E-state index contributed by atoms with van der Waals surface area (Å²) >= 11 is 0. The summed E-state index contributed by atoms with van der Waals surface area (Å²) in [6.07, 6.45) is -0.532. The summed E-state index contributed by atoms with van der Waals surface area (Å²) < 4.78 is 37.8. The van der Waals surface area contributed by atoms with Crippen LogP contribution in [0.15, 0.2) is 0 Å². The zero-order valence-corrected chi connectivity index (χ0v) is 13.5. The Bertz CT molecular complexity index is 415. The van der Waals surface area contributed by atoms with Gasteiger partial charge < -0.3 is 23.3 Å². The molecule has 122 valence electrons. The standard InChI is InChI=1S/C12H21O8P/c1-8(13)18-7-11-10(19-9(2)14)5-6-12(20-11)21(15,16-3)17-4/h10-12H,5-7H2,1-4H3/t10-,11-,12-/m1/s1. The lowest BCUT2D eigenvalue weighted by molar-refractivity contribution is -0.174. The van der Waals surface area contributed by atoms with E-state index in [9.17, 15) is 14.2 Å². The Morgan fingerprint density at radius 3 is 2.24 bits per heavy atom. The van der Waals surface area contributed by atoms with Gasteiger partial charge in [0, 0.05) is 28.1 Å². The minimum Gasteiger partial charge on any atom is -0.463 e. The van der Waals surface area contributed by atoms with Crippen molar-refractivity contribution in [3.05, 3.63) is 0 Å². The predicted octanol–water partition coefficient (Wildman–Crippen LogP) is 1.47. The molecule has 1 fully saturated rings. The van der Waals surface area contributed by atoms with Crippen LogP contribution in [0.4, 0.5) is 0 Å². The maximum Gasteiger partial charge on any atom is 0.358 e. The van der Waals surface area contributed by atoms with Gasteiger partial charge in [0.25, 0.3) is 0 Å². The van der Waals surface area contributed by atoms with Gasteiger partial charge in [-0.1, -0.05) is 0 Å². The van der Waals surface area contributed by atoms with Gasteiger partial charge in [0.15, 0.2) is 5.85 Å². The Labute approximate surface area is 123 Å². The number of carbonyl (C=O) groups excluding carboxylic acids is 2. The first-order chi connectivity index (χ1) is 9.82. The Morgan fingerprint density at radius 2 is 1.76 bits per heavy atom. The summed E-state index contributed by atoms with van der Waals surface area (Å²) in [5.41, 5.74) is 0. The van der Waals surface area contributed by atoms with Crippen LogP contribution in [0.1, 0.15) is 26.7 Å². The van der Waals surface area contributed by atoms with Gasteiger partial charge in [-0.3, -0.25) is 14.2 Å². The molecule has 0 spiro atoms. The molecule has 0 aromatic heterocycles. The molecule has 3 atom stereocenters. The summed E-state index contributed by atoms with van der Waals surface area (Å²) in [4.78, 5) is 22.0. The summed E-state index contributed by atoms with van der Waals surface area (Å²) in [5, 5.41) is 0. The summed E-state index contributed by atoms with van der Waals surface area (Å²) in [6.45, 7) is 2.44. The third-order valence-electron chi connectivity index (χ3n) is 3.07. The van der Waals surface area contributed by atoms with Crippen LogP contribution in [0.5, 0.6) is 0 Å². The van der Waals surface area contributed by atoms with E-state index in [1.165, 1.54) is 28.1 Å². The van der Waals surface area contributed by atoms with E-state index in [1.54, 1.807) is 0 Å². The van der Waals surface area contributed by atoms with Crippen molar-refractivity contribution in [3.8, 4) is 0 Å². The van der Waals surface area contributed by atoms with Crippen molar-refractivity contribution in [3.63, 3.8) is 0 Å². The molecule has 0 saturated carbocycles. The fraction of sp³-hybridized carbons (Fsp3) is 0.833. The van der Waals surface area contributed by atoms with Crippen LogP contribution in [0.3, 0.4) is 0 Å². The fourth-order valence-electron chi connectivity index (χ4n) is 2.09. The van der Waals surface area contributed by atoms with E-state index in [0.29, 0.717) is 12.8 Å². The molecule has 1 saturated heterocycles. The Morgan fingerprint density at radius 1 is 1.14 bits per heavy atom. The largest absolute Gasteiger partial charge is 0.463 e. The number of hydrogen-bond donors (Lipinski definition) is 0. The van der Waals surface area contributed by atoms with Crippen molar-refractivity contribution in [2.45, 2.75) is 44.7 Å². The van der Waals surface area contributed by atoms with Crippen LogP contribution < -0.4 is 0 Å². The Balaban J connectivity index is 2.79. The van der Waals surface area contributed by atoms with Gasteiger partial charge in [-0.2, -0.15) is 0 Å². The van der Waals surface area contributed by atoms with Crippen LogP contribution in [0.2, 0.25) is 0 Å². The molecule has 1 aliphatic heterocycles. The molecule has 0 radical (unpaired) electrons. The third-order valence-corrected chi connectivity index (χ3v) is 5.18. The van der Waals surface area contributed by atoms with Gasteiger partial charge in [-0.25, -0.2) is 0 Å². The second-order valence-corrected chi connectivity index (χ2v) is 6.95. The van der Waals surface area contributed by atoms with E-state index in [1.807, 2.05) is 0 Å². The smallest absolute Gasteiger partial charge is 0.358 e. The van der Waals surface area contributed by atoms with Crippen molar-refractivity contribution in [1.29, 1.82) is 0 Å². The second kappa shape index (κ2) is 7.89. The first kappa shape index (κ1) is 18.1. The van der Waals surface area contributed by atoms with E-state index in [2.05, 4.69) is 0 Å². The molecule has 9 heteroatoms. The number of hydrogen-bond acceptors (Lipinski definition) is 8. The van der Waals surface area contributed by atoms with Crippen LogP contribution in [-0.4, -0.2) is 50.8 Å².